The maximum atomic E-state index is 12.8. The molecule has 0 aromatic heterocycles. The molecule has 1 saturated heterocycles. The maximum absolute atomic E-state index is 12.8. The summed E-state index contributed by atoms with van der Waals surface area (Å²) in [4.78, 5) is 12.7. The minimum atomic E-state index is -4.92. The van der Waals surface area contributed by atoms with Crippen LogP contribution < -0.4 is 0 Å². The van der Waals surface area contributed by atoms with Crippen LogP contribution in [0.1, 0.15) is 30.5 Å². The number of benzene rings is 1. The number of amides is 1. The lowest BCUT2D eigenvalue weighted by Gasteiger charge is -2.21. The van der Waals surface area contributed by atoms with E-state index in [1.54, 1.807) is 13.8 Å². The van der Waals surface area contributed by atoms with Gasteiger partial charge in [0, 0.05) is 6.54 Å². The van der Waals surface area contributed by atoms with Gasteiger partial charge in [-0.25, -0.2) is 4.79 Å². The molecule has 1 aromatic rings. The van der Waals surface area contributed by atoms with Crippen molar-refractivity contribution in [3.63, 3.8) is 0 Å². The lowest BCUT2D eigenvalue weighted by Crippen LogP contribution is -2.32. The highest BCUT2D eigenvalue weighted by Gasteiger charge is 2.39. The number of carbonyl (C=O) groups excluding carboxylic acids is 1. The largest absolute Gasteiger partial charge is 0.444 e. The van der Waals surface area contributed by atoms with Gasteiger partial charge in [0.2, 0.25) is 0 Å². The van der Waals surface area contributed by atoms with E-state index in [9.17, 15) is 31.1 Å². The van der Waals surface area contributed by atoms with Crippen LogP contribution in [0.25, 0.3) is 0 Å². The fourth-order valence-corrected chi connectivity index (χ4v) is 2.26. The molecule has 0 radical (unpaired) electrons. The average Bonchev–Trinajstić information content (AvgIpc) is 2.63. The number of nitrogens with zero attached hydrogens (tertiary/aromatic N) is 1. The summed E-state index contributed by atoms with van der Waals surface area (Å²) in [5.74, 6) is 0. The minimum Gasteiger partial charge on any atom is -0.444 e. The van der Waals surface area contributed by atoms with Crippen LogP contribution in [-0.4, -0.2) is 23.1 Å². The summed E-state index contributed by atoms with van der Waals surface area (Å²) in [6.07, 6.45) is -11.1. The van der Waals surface area contributed by atoms with E-state index in [-0.39, 0.29) is 11.6 Å². The molecule has 1 fully saturated rings. The summed E-state index contributed by atoms with van der Waals surface area (Å²) in [6, 6.07) is 0.820. The van der Waals surface area contributed by atoms with Gasteiger partial charge in [-0.05, 0) is 37.6 Å². The first-order valence-corrected chi connectivity index (χ1v) is 6.65. The van der Waals surface area contributed by atoms with Gasteiger partial charge in [0.05, 0.1) is 17.2 Å². The van der Waals surface area contributed by atoms with E-state index in [0.717, 1.165) is 4.90 Å². The van der Waals surface area contributed by atoms with Crippen molar-refractivity contribution in [2.24, 2.45) is 0 Å². The van der Waals surface area contributed by atoms with Gasteiger partial charge >= 0.3 is 18.4 Å². The second kappa shape index (κ2) is 5.61. The molecule has 0 N–H and O–H groups in total. The van der Waals surface area contributed by atoms with Crippen LogP contribution in [0.3, 0.4) is 0 Å². The number of hydrogen-bond acceptors (Lipinski definition) is 2. The van der Waals surface area contributed by atoms with Crippen LogP contribution in [0.5, 0.6) is 0 Å². The zero-order valence-electron chi connectivity index (χ0n) is 12.1. The van der Waals surface area contributed by atoms with Crippen molar-refractivity contribution in [2.45, 2.75) is 44.9 Å². The van der Waals surface area contributed by atoms with E-state index in [1.165, 1.54) is 0 Å². The second-order valence-electron chi connectivity index (χ2n) is 5.37. The molecule has 1 aromatic carbocycles. The molecule has 23 heavy (non-hydrogen) atoms. The summed E-state index contributed by atoms with van der Waals surface area (Å²) >= 11 is 0. The van der Waals surface area contributed by atoms with E-state index in [1.807, 2.05) is 0 Å². The van der Waals surface area contributed by atoms with Gasteiger partial charge in [-0.2, -0.15) is 26.3 Å². The fraction of sp³-hybridized carbons (Fsp3) is 0.500. The molecule has 1 heterocycles. The van der Waals surface area contributed by atoms with Crippen LogP contribution in [0.4, 0.5) is 31.1 Å². The van der Waals surface area contributed by atoms with Crippen LogP contribution in [0.15, 0.2) is 18.2 Å². The average molecular weight is 341 g/mol. The molecule has 0 spiro atoms. The first-order chi connectivity index (χ1) is 10.4. The van der Waals surface area contributed by atoms with E-state index >= 15 is 0 Å². The van der Waals surface area contributed by atoms with Crippen LogP contribution >= 0.6 is 0 Å². The first-order valence-electron chi connectivity index (χ1n) is 6.65. The number of ether oxygens (including phenoxy) is 1. The van der Waals surface area contributed by atoms with Crippen molar-refractivity contribution in [2.75, 3.05) is 0 Å². The summed E-state index contributed by atoms with van der Waals surface area (Å²) in [7, 11) is 0. The molecular formula is C14H13F6NO2. The van der Waals surface area contributed by atoms with E-state index < -0.39 is 48.3 Å². The standard InChI is InChI=1S/C14H13F6NO2/c1-7-8(2)23-12(22)21(7)6-9-3-10(13(15,16)17)5-11(4-9)14(18,19)20/h3-5,7-8H,6H2,1-2H3/t7-,8-/m1/s1. The monoisotopic (exact) mass is 341 g/mol. The summed E-state index contributed by atoms with van der Waals surface area (Å²) < 4.78 is 81.7. The maximum Gasteiger partial charge on any atom is 0.416 e. The molecule has 1 amide bonds. The Bertz CT molecular complexity index is 578. The topological polar surface area (TPSA) is 29.5 Å². The highest BCUT2D eigenvalue weighted by Crippen LogP contribution is 2.37. The SMILES string of the molecule is C[C@@H]1[C@@H](C)OC(=O)N1Cc1cc(C(F)(F)F)cc(C(F)(F)F)c1. The summed E-state index contributed by atoms with van der Waals surface area (Å²) in [5.41, 5.74) is -3.07. The third-order valence-electron chi connectivity index (χ3n) is 3.69. The molecule has 0 unspecified atom stereocenters. The third-order valence-corrected chi connectivity index (χ3v) is 3.69. The van der Waals surface area contributed by atoms with Crippen LogP contribution in [0, 0.1) is 0 Å². The molecule has 3 nitrogen and oxygen atoms in total. The number of carbonyl (C=O) groups is 1. The van der Waals surface area contributed by atoms with Crippen LogP contribution in [-0.2, 0) is 23.6 Å². The van der Waals surface area contributed by atoms with Gasteiger partial charge in [-0.3, -0.25) is 4.90 Å². The van der Waals surface area contributed by atoms with Crippen molar-refractivity contribution in [1.82, 2.24) is 4.90 Å². The van der Waals surface area contributed by atoms with Crippen molar-refractivity contribution >= 4 is 6.09 Å². The van der Waals surface area contributed by atoms with Crippen molar-refractivity contribution < 1.29 is 35.9 Å². The number of halogens is 6. The minimum absolute atomic E-state index is 0.0534. The van der Waals surface area contributed by atoms with E-state index in [2.05, 4.69) is 0 Å². The lowest BCUT2D eigenvalue weighted by atomic mass is 10.0. The fourth-order valence-electron chi connectivity index (χ4n) is 2.26. The molecule has 0 saturated carbocycles. The van der Waals surface area contributed by atoms with E-state index in [4.69, 9.17) is 4.74 Å². The van der Waals surface area contributed by atoms with Crippen molar-refractivity contribution in [3.05, 3.63) is 34.9 Å². The summed E-state index contributed by atoms with van der Waals surface area (Å²) in [6.45, 7) is 2.81. The van der Waals surface area contributed by atoms with Gasteiger partial charge in [-0.15, -0.1) is 0 Å². The number of rotatable bonds is 2. The molecule has 1 aliphatic heterocycles. The zero-order chi connectivity index (χ0) is 17.6. The van der Waals surface area contributed by atoms with E-state index in [0.29, 0.717) is 12.1 Å². The van der Waals surface area contributed by atoms with Gasteiger partial charge in [-0.1, -0.05) is 0 Å². The molecular weight excluding hydrogens is 328 g/mol. The normalized spacial score (nSPS) is 22.4. The smallest absolute Gasteiger partial charge is 0.416 e. The Hall–Kier alpha value is -1.93. The number of alkyl halides is 6. The highest BCUT2D eigenvalue weighted by molar-refractivity contribution is 5.70. The van der Waals surface area contributed by atoms with Gasteiger partial charge in [0.1, 0.15) is 6.10 Å². The summed E-state index contributed by atoms with van der Waals surface area (Å²) in [5, 5.41) is 0. The Morgan fingerprint density at radius 2 is 1.48 bits per heavy atom. The lowest BCUT2D eigenvalue weighted by molar-refractivity contribution is -0.143. The molecule has 2 atom stereocenters. The third kappa shape index (κ3) is 3.70. The predicted octanol–water partition coefficient (Wildman–Crippen LogP) is 4.45. The van der Waals surface area contributed by atoms with Gasteiger partial charge < -0.3 is 4.74 Å². The number of cyclic esters (lactones) is 1. The second-order valence-corrected chi connectivity index (χ2v) is 5.37. The van der Waals surface area contributed by atoms with Crippen LogP contribution in [0.2, 0.25) is 0 Å². The Kier molecular flexibility index (Phi) is 4.25. The Morgan fingerprint density at radius 3 is 1.83 bits per heavy atom. The Morgan fingerprint density at radius 1 is 1.00 bits per heavy atom. The Balaban J connectivity index is 2.40. The quantitative estimate of drug-likeness (QED) is 0.744. The molecule has 9 heteroatoms. The Labute approximate surface area is 127 Å². The first kappa shape index (κ1) is 17.4. The van der Waals surface area contributed by atoms with Gasteiger partial charge in [0.15, 0.2) is 0 Å². The molecule has 2 rings (SSSR count). The number of hydrogen-bond donors (Lipinski definition) is 0. The molecule has 0 aliphatic carbocycles. The van der Waals surface area contributed by atoms with Gasteiger partial charge in [0.25, 0.3) is 0 Å². The molecule has 128 valence electrons. The van der Waals surface area contributed by atoms with Crippen molar-refractivity contribution in [1.29, 1.82) is 0 Å². The predicted molar refractivity (Wildman–Crippen MR) is 67.4 cm³/mol. The van der Waals surface area contributed by atoms with Crippen molar-refractivity contribution in [3.8, 4) is 0 Å². The zero-order valence-corrected chi connectivity index (χ0v) is 12.1. The molecule has 1 aliphatic rings. The highest BCUT2D eigenvalue weighted by atomic mass is 19.4. The molecule has 0 bridgehead atoms.